The third-order valence-electron chi connectivity index (χ3n) is 4.52. The zero-order valence-corrected chi connectivity index (χ0v) is 11.6. The van der Waals surface area contributed by atoms with Crippen molar-refractivity contribution in [2.24, 2.45) is 0 Å². The molecule has 1 atom stereocenters. The SMILES string of the molecule is CC1(c2cc3c(c(Cl)c2O)CCCC3)CCCN1. The Balaban J connectivity index is 2.13. The molecule has 1 heterocycles. The van der Waals surface area contributed by atoms with Gasteiger partial charge in [-0.3, -0.25) is 0 Å². The van der Waals surface area contributed by atoms with Gasteiger partial charge in [-0.05, 0) is 69.2 Å². The molecular formula is C15H20ClNO. The zero-order chi connectivity index (χ0) is 12.8. The van der Waals surface area contributed by atoms with E-state index in [0.29, 0.717) is 10.8 Å². The number of benzene rings is 1. The second-order valence-electron chi connectivity index (χ2n) is 5.79. The largest absolute Gasteiger partial charge is 0.506 e. The van der Waals surface area contributed by atoms with Gasteiger partial charge in [-0.1, -0.05) is 11.6 Å². The number of phenols is 1. The predicted molar refractivity (Wildman–Crippen MR) is 74.3 cm³/mol. The van der Waals surface area contributed by atoms with Crippen molar-refractivity contribution in [1.82, 2.24) is 5.32 Å². The van der Waals surface area contributed by atoms with Gasteiger partial charge in [-0.25, -0.2) is 0 Å². The molecule has 2 nitrogen and oxygen atoms in total. The summed E-state index contributed by atoms with van der Waals surface area (Å²) in [4.78, 5) is 0. The molecule has 1 saturated heterocycles. The number of phenolic OH excluding ortho intramolecular Hbond substituents is 1. The fourth-order valence-corrected chi connectivity index (χ4v) is 3.71. The number of aryl methyl sites for hydroxylation is 1. The molecule has 1 unspecified atom stereocenters. The third-order valence-corrected chi connectivity index (χ3v) is 4.93. The van der Waals surface area contributed by atoms with E-state index in [0.717, 1.165) is 37.8 Å². The first-order chi connectivity index (χ1) is 8.62. The number of fused-ring (bicyclic) bond motifs is 1. The van der Waals surface area contributed by atoms with Gasteiger partial charge in [0, 0.05) is 11.1 Å². The van der Waals surface area contributed by atoms with Crippen molar-refractivity contribution in [2.45, 2.75) is 51.0 Å². The lowest BCUT2D eigenvalue weighted by Gasteiger charge is -2.29. The Labute approximate surface area is 113 Å². The lowest BCUT2D eigenvalue weighted by atomic mass is 9.83. The molecule has 0 aromatic heterocycles. The summed E-state index contributed by atoms with van der Waals surface area (Å²) in [6.45, 7) is 3.19. The van der Waals surface area contributed by atoms with Crippen LogP contribution in [0, 0.1) is 0 Å². The molecule has 98 valence electrons. The molecule has 1 aliphatic heterocycles. The third kappa shape index (κ3) is 1.83. The number of hydrogen-bond acceptors (Lipinski definition) is 2. The van der Waals surface area contributed by atoms with Crippen LogP contribution in [0.15, 0.2) is 6.07 Å². The second-order valence-corrected chi connectivity index (χ2v) is 6.17. The lowest BCUT2D eigenvalue weighted by molar-refractivity contribution is 0.393. The van der Waals surface area contributed by atoms with E-state index in [1.165, 1.54) is 24.0 Å². The topological polar surface area (TPSA) is 32.3 Å². The van der Waals surface area contributed by atoms with Crippen molar-refractivity contribution in [3.05, 3.63) is 27.8 Å². The van der Waals surface area contributed by atoms with Gasteiger partial charge in [0.2, 0.25) is 0 Å². The van der Waals surface area contributed by atoms with Gasteiger partial charge >= 0.3 is 0 Å². The minimum atomic E-state index is -0.111. The monoisotopic (exact) mass is 265 g/mol. The van der Waals surface area contributed by atoms with Gasteiger partial charge in [0.05, 0.1) is 5.02 Å². The summed E-state index contributed by atoms with van der Waals surface area (Å²) in [6.07, 6.45) is 6.74. The standard InChI is InChI=1S/C15H20ClNO/c1-15(7-4-8-17-15)12-9-10-5-2-3-6-11(10)13(16)14(12)18/h9,17-18H,2-8H2,1H3. The fourth-order valence-electron chi connectivity index (χ4n) is 3.39. The number of nitrogens with one attached hydrogen (secondary N) is 1. The van der Waals surface area contributed by atoms with Crippen LogP contribution in [0.4, 0.5) is 0 Å². The summed E-state index contributed by atoms with van der Waals surface area (Å²) in [7, 11) is 0. The minimum Gasteiger partial charge on any atom is -0.506 e. The molecule has 0 saturated carbocycles. The Kier molecular flexibility index (Phi) is 3.03. The number of aromatic hydroxyl groups is 1. The Bertz CT molecular complexity index is 478. The van der Waals surface area contributed by atoms with Crippen LogP contribution in [0.5, 0.6) is 5.75 Å². The Hall–Kier alpha value is -0.730. The molecule has 2 N–H and O–H groups in total. The van der Waals surface area contributed by atoms with Gasteiger partial charge < -0.3 is 10.4 Å². The molecule has 1 aromatic rings. The lowest BCUT2D eigenvalue weighted by Crippen LogP contribution is -2.33. The Morgan fingerprint density at radius 1 is 1.28 bits per heavy atom. The molecule has 0 amide bonds. The molecule has 3 rings (SSSR count). The molecule has 2 aliphatic rings. The maximum atomic E-state index is 10.4. The summed E-state index contributed by atoms with van der Waals surface area (Å²) >= 11 is 6.38. The summed E-state index contributed by atoms with van der Waals surface area (Å²) in [5, 5.41) is 14.5. The van der Waals surface area contributed by atoms with Crippen LogP contribution in [0.2, 0.25) is 5.02 Å². The van der Waals surface area contributed by atoms with Crippen LogP contribution < -0.4 is 5.32 Å². The highest BCUT2D eigenvalue weighted by molar-refractivity contribution is 6.33. The average molecular weight is 266 g/mol. The second kappa shape index (κ2) is 4.43. The maximum absolute atomic E-state index is 10.4. The van der Waals surface area contributed by atoms with Crippen LogP contribution in [0.1, 0.15) is 49.3 Å². The predicted octanol–water partition coefficient (Wildman–Crippen LogP) is 3.52. The van der Waals surface area contributed by atoms with Crippen LogP contribution in [-0.4, -0.2) is 11.7 Å². The maximum Gasteiger partial charge on any atom is 0.139 e. The van der Waals surface area contributed by atoms with E-state index in [1.807, 2.05) is 0 Å². The van der Waals surface area contributed by atoms with Gasteiger partial charge in [0.15, 0.2) is 0 Å². The molecular weight excluding hydrogens is 246 g/mol. The van der Waals surface area contributed by atoms with Crippen molar-refractivity contribution < 1.29 is 5.11 Å². The molecule has 1 fully saturated rings. The Morgan fingerprint density at radius 3 is 2.78 bits per heavy atom. The van der Waals surface area contributed by atoms with Crippen molar-refractivity contribution in [3.8, 4) is 5.75 Å². The molecule has 0 bridgehead atoms. The van der Waals surface area contributed by atoms with Gasteiger partial charge in [0.25, 0.3) is 0 Å². The first kappa shape index (κ1) is 12.3. The van der Waals surface area contributed by atoms with E-state index in [2.05, 4.69) is 18.3 Å². The van der Waals surface area contributed by atoms with E-state index in [1.54, 1.807) is 0 Å². The number of rotatable bonds is 1. The van der Waals surface area contributed by atoms with Crippen LogP contribution >= 0.6 is 11.6 Å². The molecule has 3 heteroatoms. The van der Waals surface area contributed by atoms with E-state index in [-0.39, 0.29) is 5.54 Å². The zero-order valence-electron chi connectivity index (χ0n) is 10.9. The molecule has 1 aliphatic carbocycles. The van der Waals surface area contributed by atoms with E-state index >= 15 is 0 Å². The van der Waals surface area contributed by atoms with E-state index in [9.17, 15) is 5.11 Å². The smallest absolute Gasteiger partial charge is 0.139 e. The first-order valence-electron chi connectivity index (χ1n) is 6.90. The average Bonchev–Trinajstić information content (AvgIpc) is 2.82. The first-order valence-corrected chi connectivity index (χ1v) is 7.28. The van der Waals surface area contributed by atoms with Gasteiger partial charge in [-0.2, -0.15) is 0 Å². The van der Waals surface area contributed by atoms with Gasteiger partial charge in [0.1, 0.15) is 5.75 Å². The quantitative estimate of drug-likeness (QED) is 0.814. The number of hydrogen-bond donors (Lipinski definition) is 2. The van der Waals surface area contributed by atoms with Crippen molar-refractivity contribution in [2.75, 3.05) is 6.54 Å². The minimum absolute atomic E-state index is 0.111. The highest BCUT2D eigenvalue weighted by Crippen LogP contribution is 2.43. The van der Waals surface area contributed by atoms with Crippen molar-refractivity contribution in [1.29, 1.82) is 0 Å². The highest BCUT2D eigenvalue weighted by atomic mass is 35.5. The van der Waals surface area contributed by atoms with Crippen molar-refractivity contribution in [3.63, 3.8) is 0 Å². The summed E-state index contributed by atoms with van der Waals surface area (Å²) in [6, 6.07) is 2.19. The normalized spacial score (nSPS) is 27.2. The number of halogens is 1. The summed E-state index contributed by atoms with van der Waals surface area (Å²) in [5.74, 6) is 0.300. The van der Waals surface area contributed by atoms with Crippen LogP contribution in [0.3, 0.4) is 0 Å². The molecule has 1 aromatic carbocycles. The van der Waals surface area contributed by atoms with Crippen LogP contribution in [-0.2, 0) is 18.4 Å². The molecule has 0 spiro atoms. The molecule has 0 radical (unpaired) electrons. The van der Waals surface area contributed by atoms with E-state index < -0.39 is 0 Å². The van der Waals surface area contributed by atoms with Gasteiger partial charge in [-0.15, -0.1) is 0 Å². The van der Waals surface area contributed by atoms with Crippen LogP contribution in [0.25, 0.3) is 0 Å². The Morgan fingerprint density at radius 2 is 2.06 bits per heavy atom. The molecule has 18 heavy (non-hydrogen) atoms. The van der Waals surface area contributed by atoms with E-state index in [4.69, 9.17) is 11.6 Å². The fraction of sp³-hybridized carbons (Fsp3) is 0.600. The summed E-state index contributed by atoms with van der Waals surface area (Å²) in [5.41, 5.74) is 3.39. The summed E-state index contributed by atoms with van der Waals surface area (Å²) < 4.78 is 0. The highest BCUT2D eigenvalue weighted by Gasteiger charge is 2.34. The van der Waals surface area contributed by atoms with Crippen molar-refractivity contribution >= 4 is 11.6 Å².